The fourth-order valence-electron chi connectivity index (χ4n) is 2.89. The lowest BCUT2D eigenvalue weighted by Crippen LogP contribution is -2.30. The Morgan fingerprint density at radius 1 is 1.21 bits per heavy atom. The van der Waals surface area contributed by atoms with Crippen LogP contribution in [0.15, 0.2) is 29.3 Å². The van der Waals surface area contributed by atoms with Gasteiger partial charge in [0.15, 0.2) is 5.96 Å². The van der Waals surface area contributed by atoms with Crippen LogP contribution >= 0.6 is 24.0 Å². The number of nitrogens with one attached hydrogen (secondary N) is 1. The maximum atomic E-state index is 5.92. The summed E-state index contributed by atoms with van der Waals surface area (Å²) in [6.07, 6.45) is 7.72. The van der Waals surface area contributed by atoms with Crippen molar-refractivity contribution in [1.29, 1.82) is 0 Å². The number of aliphatic imine (C=N–C) groups is 1. The van der Waals surface area contributed by atoms with Gasteiger partial charge in [0.2, 0.25) is 0 Å². The van der Waals surface area contributed by atoms with Gasteiger partial charge in [0, 0.05) is 18.3 Å². The smallest absolute Gasteiger partial charge is 0.193 e. The van der Waals surface area contributed by atoms with Crippen molar-refractivity contribution in [2.45, 2.75) is 38.5 Å². The molecule has 136 valence electrons. The summed E-state index contributed by atoms with van der Waals surface area (Å²) < 4.78 is 5.19. The number of anilines is 1. The zero-order valence-corrected chi connectivity index (χ0v) is 17.0. The standard InChI is InChI=1S/C18H30N4O.HI/c1-23-17-10-8-9-16(15-17)21-18(19)20-11-4-2-5-12-22-13-6-3-7-14-22;/h8-10,15H,2-7,11-14H2,1H3,(H3,19,20,21);1H. The zero-order valence-electron chi connectivity index (χ0n) is 14.7. The van der Waals surface area contributed by atoms with Gasteiger partial charge >= 0.3 is 0 Å². The highest BCUT2D eigenvalue weighted by molar-refractivity contribution is 14.0. The van der Waals surface area contributed by atoms with E-state index >= 15 is 0 Å². The molecule has 1 aliphatic rings. The Balaban J connectivity index is 0.00000288. The molecule has 0 spiro atoms. The highest BCUT2D eigenvalue weighted by atomic mass is 127. The Morgan fingerprint density at radius 2 is 2.00 bits per heavy atom. The van der Waals surface area contributed by atoms with Crippen molar-refractivity contribution in [2.24, 2.45) is 10.7 Å². The van der Waals surface area contributed by atoms with E-state index in [1.807, 2.05) is 24.3 Å². The van der Waals surface area contributed by atoms with Crippen LogP contribution in [0.3, 0.4) is 0 Å². The van der Waals surface area contributed by atoms with Gasteiger partial charge in [0.1, 0.15) is 5.75 Å². The number of nitrogens with two attached hydrogens (primary N) is 1. The van der Waals surface area contributed by atoms with Gasteiger partial charge in [-0.3, -0.25) is 4.99 Å². The van der Waals surface area contributed by atoms with E-state index in [4.69, 9.17) is 10.5 Å². The number of methoxy groups -OCH3 is 1. The van der Waals surface area contributed by atoms with E-state index in [0.29, 0.717) is 5.96 Å². The highest BCUT2D eigenvalue weighted by Crippen LogP contribution is 2.16. The van der Waals surface area contributed by atoms with Crippen LogP contribution in [0, 0.1) is 0 Å². The number of hydrogen-bond donors (Lipinski definition) is 2. The molecule has 1 fully saturated rings. The van der Waals surface area contributed by atoms with Crippen LogP contribution in [0.4, 0.5) is 5.69 Å². The Bertz CT molecular complexity index is 490. The first-order valence-electron chi connectivity index (χ1n) is 8.71. The fraction of sp³-hybridized carbons (Fsp3) is 0.611. The molecule has 0 bridgehead atoms. The summed E-state index contributed by atoms with van der Waals surface area (Å²) in [7, 11) is 1.65. The van der Waals surface area contributed by atoms with Crippen LogP contribution < -0.4 is 15.8 Å². The SMILES string of the molecule is COc1cccc(NC(N)=NCCCCCN2CCCCC2)c1.I. The number of likely N-dealkylation sites (tertiary alicyclic amines) is 1. The van der Waals surface area contributed by atoms with E-state index in [1.54, 1.807) is 7.11 Å². The number of ether oxygens (including phenoxy) is 1. The number of benzene rings is 1. The van der Waals surface area contributed by atoms with Gasteiger partial charge in [-0.1, -0.05) is 18.9 Å². The summed E-state index contributed by atoms with van der Waals surface area (Å²) in [4.78, 5) is 6.98. The first-order chi connectivity index (χ1) is 11.3. The average Bonchev–Trinajstić information content (AvgIpc) is 2.59. The van der Waals surface area contributed by atoms with Crippen molar-refractivity contribution in [1.82, 2.24) is 4.90 Å². The van der Waals surface area contributed by atoms with E-state index in [0.717, 1.165) is 24.4 Å². The van der Waals surface area contributed by atoms with E-state index in [1.165, 1.54) is 51.7 Å². The molecule has 0 aliphatic carbocycles. The Labute approximate surface area is 163 Å². The minimum Gasteiger partial charge on any atom is -0.497 e. The van der Waals surface area contributed by atoms with E-state index in [-0.39, 0.29) is 24.0 Å². The van der Waals surface area contributed by atoms with E-state index in [9.17, 15) is 0 Å². The highest BCUT2D eigenvalue weighted by Gasteiger charge is 2.08. The quantitative estimate of drug-likeness (QED) is 0.277. The van der Waals surface area contributed by atoms with Gasteiger partial charge in [-0.2, -0.15) is 0 Å². The summed E-state index contributed by atoms with van der Waals surface area (Å²) in [6, 6.07) is 7.68. The molecular weight excluding hydrogens is 415 g/mol. The van der Waals surface area contributed by atoms with Crippen molar-refractivity contribution < 1.29 is 4.74 Å². The fourth-order valence-corrected chi connectivity index (χ4v) is 2.89. The third kappa shape index (κ3) is 8.19. The predicted molar refractivity (Wildman–Crippen MR) is 113 cm³/mol. The molecule has 0 amide bonds. The van der Waals surface area contributed by atoms with Crippen LogP contribution in [-0.4, -0.2) is 44.1 Å². The Hall–Kier alpha value is -1.02. The van der Waals surface area contributed by atoms with Crippen LogP contribution in [-0.2, 0) is 0 Å². The molecule has 0 radical (unpaired) electrons. The van der Waals surface area contributed by atoms with Gasteiger partial charge in [0.05, 0.1) is 7.11 Å². The number of unbranched alkanes of at least 4 members (excludes halogenated alkanes) is 2. The first-order valence-corrected chi connectivity index (χ1v) is 8.71. The maximum absolute atomic E-state index is 5.92. The summed E-state index contributed by atoms with van der Waals surface area (Å²) in [5.41, 5.74) is 6.82. The molecule has 1 aliphatic heterocycles. The van der Waals surface area contributed by atoms with Crippen molar-refractivity contribution >= 4 is 35.6 Å². The number of halogens is 1. The summed E-state index contributed by atoms with van der Waals surface area (Å²) in [5.74, 6) is 1.27. The molecule has 0 saturated carbocycles. The van der Waals surface area contributed by atoms with Crippen LogP contribution in [0.5, 0.6) is 5.75 Å². The lowest BCUT2D eigenvalue weighted by molar-refractivity contribution is 0.224. The molecule has 1 aromatic carbocycles. The second-order valence-corrected chi connectivity index (χ2v) is 6.09. The van der Waals surface area contributed by atoms with Crippen molar-refractivity contribution in [3.05, 3.63) is 24.3 Å². The summed E-state index contributed by atoms with van der Waals surface area (Å²) in [5, 5.41) is 3.10. The van der Waals surface area contributed by atoms with Crippen molar-refractivity contribution in [2.75, 3.05) is 38.6 Å². The third-order valence-corrected chi connectivity index (χ3v) is 4.21. The summed E-state index contributed by atoms with van der Waals surface area (Å²) >= 11 is 0. The molecule has 1 heterocycles. The molecule has 3 N–H and O–H groups in total. The van der Waals surface area contributed by atoms with Crippen LogP contribution in [0.2, 0.25) is 0 Å². The topological polar surface area (TPSA) is 62.9 Å². The lowest BCUT2D eigenvalue weighted by atomic mass is 10.1. The molecule has 1 aromatic rings. The number of piperidine rings is 1. The molecule has 2 rings (SSSR count). The molecule has 5 nitrogen and oxygen atoms in total. The number of guanidine groups is 1. The number of nitrogens with zero attached hydrogens (tertiary/aromatic N) is 2. The lowest BCUT2D eigenvalue weighted by Gasteiger charge is -2.26. The van der Waals surface area contributed by atoms with Crippen LogP contribution in [0.1, 0.15) is 38.5 Å². The molecule has 0 unspecified atom stereocenters. The minimum absolute atomic E-state index is 0. The monoisotopic (exact) mass is 446 g/mol. The number of hydrogen-bond acceptors (Lipinski definition) is 3. The third-order valence-electron chi connectivity index (χ3n) is 4.21. The maximum Gasteiger partial charge on any atom is 0.193 e. The Morgan fingerprint density at radius 3 is 2.75 bits per heavy atom. The van der Waals surface area contributed by atoms with Crippen molar-refractivity contribution in [3.63, 3.8) is 0 Å². The molecule has 24 heavy (non-hydrogen) atoms. The molecule has 0 aromatic heterocycles. The Kier molecular flexibility index (Phi) is 10.8. The molecule has 6 heteroatoms. The largest absolute Gasteiger partial charge is 0.497 e. The van der Waals surface area contributed by atoms with E-state index < -0.39 is 0 Å². The average molecular weight is 446 g/mol. The van der Waals surface area contributed by atoms with Crippen LogP contribution in [0.25, 0.3) is 0 Å². The van der Waals surface area contributed by atoms with Gasteiger partial charge in [0.25, 0.3) is 0 Å². The van der Waals surface area contributed by atoms with E-state index in [2.05, 4.69) is 15.2 Å². The summed E-state index contributed by atoms with van der Waals surface area (Å²) in [6.45, 7) is 4.59. The van der Waals surface area contributed by atoms with Crippen molar-refractivity contribution in [3.8, 4) is 5.75 Å². The van der Waals surface area contributed by atoms with Gasteiger partial charge in [-0.25, -0.2) is 0 Å². The predicted octanol–water partition coefficient (Wildman–Crippen LogP) is 3.70. The van der Waals surface area contributed by atoms with Gasteiger partial charge in [-0.15, -0.1) is 24.0 Å². The molecule has 1 saturated heterocycles. The first kappa shape index (κ1) is 21.0. The normalized spacial score (nSPS) is 15.6. The van der Waals surface area contributed by atoms with Gasteiger partial charge < -0.3 is 20.7 Å². The van der Waals surface area contributed by atoms with Gasteiger partial charge in [-0.05, 0) is 57.5 Å². The second kappa shape index (κ2) is 12.4. The molecular formula is C18H31IN4O. The zero-order chi connectivity index (χ0) is 16.3. The minimum atomic E-state index is 0. The number of rotatable bonds is 8. The molecule has 0 atom stereocenters. The second-order valence-electron chi connectivity index (χ2n) is 6.09.